The zero-order chi connectivity index (χ0) is 16.0. The molecule has 4 rings (SSSR count). The molecule has 2 fully saturated rings. The molecule has 2 saturated carbocycles. The van der Waals surface area contributed by atoms with Gasteiger partial charge >= 0.3 is 0 Å². The van der Waals surface area contributed by atoms with Crippen LogP contribution in [0, 0.1) is 17.8 Å². The highest BCUT2D eigenvalue weighted by atomic mass is 35.5. The van der Waals surface area contributed by atoms with E-state index in [0.29, 0.717) is 22.7 Å². The lowest BCUT2D eigenvalue weighted by Crippen LogP contribution is -2.48. The van der Waals surface area contributed by atoms with Crippen LogP contribution in [0.15, 0.2) is 18.2 Å². The van der Waals surface area contributed by atoms with Crippen molar-refractivity contribution in [1.29, 1.82) is 0 Å². The Morgan fingerprint density at radius 1 is 1.29 bits per heavy atom. The molecule has 0 radical (unpaired) electrons. The number of benzene rings is 1. The second-order valence-electron chi connectivity index (χ2n) is 6.92. The fourth-order valence-electron chi connectivity index (χ4n) is 4.32. The van der Waals surface area contributed by atoms with Gasteiger partial charge in [0.15, 0.2) is 5.82 Å². The van der Waals surface area contributed by atoms with Gasteiger partial charge in [0.05, 0.1) is 10.5 Å². The number of nitrogens with zero attached hydrogens (tertiary/aromatic N) is 1. The van der Waals surface area contributed by atoms with Crippen molar-refractivity contribution in [3.8, 4) is 0 Å². The number of aromatic nitrogens is 2. The van der Waals surface area contributed by atoms with Gasteiger partial charge < -0.3 is 11.1 Å². The first-order chi connectivity index (χ1) is 11.1. The summed E-state index contributed by atoms with van der Waals surface area (Å²) in [5.74, 6) is 1.64. The molecule has 0 spiro atoms. The Bertz CT molecular complexity index is 733. The van der Waals surface area contributed by atoms with E-state index < -0.39 is 0 Å². The normalized spacial score (nSPS) is 29.1. The fraction of sp³-hybridized carbons (Fsp3) is 0.529. The van der Waals surface area contributed by atoms with E-state index >= 15 is 0 Å². The molecule has 1 aromatic carbocycles. The van der Waals surface area contributed by atoms with Crippen molar-refractivity contribution in [2.75, 3.05) is 5.32 Å². The van der Waals surface area contributed by atoms with Crippen LogP contribution in [0.5, 0.6) is 0 Å². The molecule has 2 aliphatic rings. The number of H-pyrrole nitrogens is 1. The van der Waals surface area contributed by atoms with E-state index in [9.17, 15) is 4.79 Å². The molecule has 2 aromatic rings. The van der Waals surface area contributed by atoms with Crippen LogP contribution in [-0.2, 0) is 4.79 Å². The predicted molar refractivity (Wildman–Crippen MR) is 98.5 cm³/mol. The van der Waals surface area contributed by atoms with Crippen molar-refractivity contribution in [3.05, 3.63) is 23.2 Å². The molecule has 2 atom stereocenters. The summed E-state index contributed by atoms with van der Waals surface area (Å²) < 4.78 is 0. The average molecular weight is 369 g/mol. The second-order valence-corrected chi connectivity index (χ2v) is 7.33. The SMILES string of the molecule is Cl.NC1C2CCCC1CC(C(=O)Nc1n[nH]c3c(Cl)cccc13)C2. The lowest BCUT2D eigenvalue weighted by molar-refractivity contribution is -0.122. The molecule has 4 N–H and O–H groups in total. The number of nitrogens with one attached hydrogen (secondary N) is 2. The van der Waals surface area contributed by atoms with Gasteiger partial charge in [-0.15, -0.1) is 12.4 Å². The molecular weight excluding hydrogens is 347 g/mol. The molecule has 130 valence electrons. The molecule has 2 aliphatic carbocycles. The monoisotopic (exact) mass is 368 g/mol. The number of carbonyl (C=O) groups is 1. The summed E-state index contributed by atoms with van der Waals surface area (Å²) in [6.45, 7) is 0. The number of para-hydroxylation sites is 1. The Morgan fingerprint density at radius 3 is 2.71 bits per heavy atom. The minimum absolute atomic E-state index is 0. The van der Waals surface area contributed by atoms with Crippen LogP contribution in [0.25, 0.3) is 10.9 Å². The summed E-state index contributed by atoms with van der Waals surface area (Å²) in [5.41, 5.74) is 7.07. The second kappa shape index (κ2) is 6.90. The van der Waals surface area contributed by atoms with Crippen LogP contribution < -0.4 is 11.1 Å². The molecule has 2 unspecified atom stereocenters. The average Bonchev–Trinajstić information content (AvgIpc) is 2.91. The zero-order valence-corrected chi connectivity index (χ0v) is 14.9. The quantitative estimate of drug-likeness (QED) is 0.754. The number of aromatic amines is 1. The number of carbonyl (C=O) groups excluding carboxylic acids is 1. The third-order valence-electron chi connectivity index (χ3n) is 5.57. The maximum atomic E-state index is 12.7. The van der Waals surface area contributed by atoms with Crippen LogP contribution in [0.3, 0.4) is 0 Å². The summed E-state index contributed by atoms with van der Waals surface area (Å²) >= 11 is 6.14. The molecular formula is C17H22Cl2N4O. The van der Waals surface area contributed by atoms with Gasteiger partial charge in [0.25, 0.3) is 0 Å². The Morgan fingerprint density at radius 2 is 2.00 bits per heavy atom. The molecule has 0 aliphatic heterocycles. The first kappa shape index (κ1) is 17.5. The first-order valence-corrected chi connectivity index (χ1v) is 8.70. The van der Waals surface area contributed by atoms with E-state index in [-0.39, 0.29) is 30.3 Å². The van der Waals surface area contributed by atoms with Gasteiger partial charge in [-0.25, -0.2) is 0 Å². The summed E-state index contributed by atoms with van der Waals surface area (Å²) in [4.78, 5) is 12.7. The van der Waals surface area contributed by atoms with Crippen molar-refractivity contribution in [2.24, 2.45) is 23.5 Å². The minimum atomic E-state index is 0. The van der Waals surface area contributed by atoms with Crippen LogP contribution in [0.2, 0.25) is 5.02 Å². The fourth-order valence-corrected chi connectivity index (χ4v) is 4.54. The number of nitrogens with two attached hydrogens (primary N) is 1. The Balaban J connectivity index is 0.00000169. The molecule has 1 heterocycles. The number of halogens is 2. The number of anilines is 1. The molecule has 1 aromatic heterocycles. The highest BCUT2D eigenvalue weighted by molar-refractivity contribution is 6.35. The maximum Gasteiger partial charge on any atom is 0.228 e. The Hall–Kier alpha value is -1.30. The zero-order valence-electron chi connectivity index (χ0n) is 13.3. The number of amides is 1. The standard InChI is InChI=1S/C17H21ClN4O.ClH/c18-13-6-2-5-12-15(13)21-22-16(12)20-17(23)11-7-9-3-1-4-10(8-11)14(9)19;/h2,5-6,9-11,14H,1,3-4,7-8,19H2,(H2,20,21,22,23);1H. The third-order valence-corrected chi connectivity index (χ3v) is 5.89. The van der Waals surface area contributed by atoms with Crippen molar-refractivity contribution in [3.63, 3.8) is 0 Å². The lowest BCUT2D eigenvalue weighted by atomic mass is 9.65. The highest BCUT2D eigenvalue weighted by Gasteiger charge is 2.40. The van der Waals surface area contributed by atoms with E-state index in [4.69, 9.17) is 17.3 Å². The topological polar surface area (TPSA) is 83.8 Å². The van der Waals surface area contributed by atoms with E-state index in [1.54, 1.807) is 6.07 Å². The molecule has 7 heteroatoms. The van der Waals surface area contributed by atoms with Crippen LogP contribution in [-0.4, -0.2) is 22.1 Å². The van der Waals surface area contributed by atoms with Gasteiger partial charge in [0, 0.05) is 17.3 Å². The Kier molecular flexibility index (Phi) is 5.04. The van der Waals surface area contributed by atoms with Crippen LogP contribution >= 0.6 is 24.0 Å². The van der Waals surface area contributed by atoms with E-state index in [0.717, 1.165) is 36.6 Å². The van der Waals surface area contributed by atoms with Gasteiger partial charge in [-0.2, -0.15) is 5.10 Å². The number of fused-ring (bicyclic) bond motifs is 3. The molecule has 24 heavy (non-hydrogen) atoms. The van der Waals surface area contributed by atoms with Crippen LogP contribution in [0.4, 0.5) is 5.82 Å². The van der Waals surface area contributed by atoms with Crippen LogP contribution in [0.1, 0.15) is 32.1 Å². The summed E-state index contributed by atoms with van der Waals surface area (Å²) in [6.07, 6.45) is 5.35. The number of hydrogen-bond donors (Lipinski definition) is 3. The van der Waals surface area contributed by atoms with Gasteiger partial charge in [0.1, 0.15) is 0 Å². The number of rotatable bonds is 2. The van der Waals surface area contributed by atoms with Gasteiger partial charge in [-0.3, -0.25) is 9.89 Å². The van der Waals surface area contributed by atoms with E-state index in [1.165, 1.54) is 6.42 Å². The molecule has 2 bridgehead atoms. The molecule has 0 saturated heterocycles. The van der Waals surface area contributed by atoms with Gasteiger partial charge in [-0.1, -0.05) is 24.1 Å². The lowest BCUT2D eigenvalue weighted by Gasteiger charge is -2.43. The molecule has 1 amide bonds. The van der Waals surface area contributed by atoms with Crippen molar-refractivity contribution in [2.45, 2.75) is 38.1 Å². The van der Waals surface area contributed by atoms with Gasteiger partial charge in [0.2, 0.25) is 5.91 Å². The third kappa shape index (κ3) is 3.01. The largest absolute Gasteiger partial charge is 0.327 e. The maximum absolute atomic E-state index is 12.7. The summed E-state index contributed by atoms with van der Waals surface area (Å²) in [6, 6.07) is 5.85. The summed E-state index contributed by atoms with van der Waals surface area (Å²) in [7, 11) is 0. The highest BCUT2D eigenvalue weighted by Crippen LogP contribution is 2.42. The van der Waals surface area contributed by atoms with E-state index in [2.05, 4.69) is 15.5 Å². The van der Waals surface area contributed by atoms with Crippen molar-refractivity contribution in [1.82, 2.24) is 10.2 Å². The predicted octanol–water partition coefficient (Wildman–Crippen LogP) is 3.73. The minimum Gasteiger partial charge on any atom is -0.327 e. The number of hydrogen-bond acceptors (Lipinski definition) is 3. The summed E-state index contributed by atoms with van der Waals surface area (Å²) in [5, 5.41) is 11.5. The van der Waals surface area contributed by atoms with Crippen molar-refractivity contribution >= 4 is 46.6 Å². The Labute approximate surface area is 152 Å². The van der Waals surface area contributed by atoms with E-state index in [1.807, 2.05) is 12.1 Å². The smallest absolute Gasteiger partial charge is 0.228 e. The van der Waals surface area contributed by atoms with Gasteiger partial charge in [-0.05, 0) is 49.7 Å². The first-order valence-electron chi connectivity index (χ1n) is 8.32. The molecule has 5 nitrogen and oxygen atoms in total. The van der Waals surface area contributed by atoms with Crippen molar-refractivity contribution < 1.29 is 4.79 Å².